The lowest BCUT2D eigenvalue weighted by Crippen LogP contribution is -2.40. The number of nitrogens with one attached hydrogen (secondary N) is 2. The maximum atomic E-state index is 13.6. The number of fused-ring (bicyclic) bond motifs is 1. The quantitative estimate of drug-likeness (QED) is 0.358. The first-order chi connectivity index (χ1) is 17.8. The van der Waals surface area contributed by atoms with Gasteiger partial charge in [0.05, 0.1) is 42.0 Å². The summed E-state index contributed by atoms with van der Waals surface area (Å²) in [6.45, 7) is 2.54. The molecule has 4 heterocycles. The van der Waals surface area contributed by atoms with E-state index in [9.17, 15) is 18.3 Å². The monoisotopic (exact) mass is 545 g/mol. The summed E-state index contributed by atoms with van der Waals surface area (Å²) in [6.07, 6.45) is 4.64. The van der Waals surface area contributed by atoms with Crippen LogP contribution in [0, 0.1) is 6.92 Å². The molecule has 0 bridgehead atoms. The summed E-state index contributed by atoms with van der Waals surface area (Å²) in [7, 11) is -2.90. The van der Waals surface area contributed by atoms with Crippen molar-refractivity contribution in [1.29, 1.82) is 0 Å². The lowest BCUT2D eigenvalue weighted by atomic mass is 9.98. The lowest BCUT2D eigenvalue weighted by molar-refractivity contribution is 0.0663. The summed E-state index contributed by atoms with van der Waals surface area (Å²) in [4.78, 5) is 27.9. The fraction of sp³-hybridized carbons (Fsp3) is 0.417. The Bertz CT molecular complexity index is 1410. The summed E-state index contributed by atoms with van der Waals surface area (Å²) >= 11 is 1.38. The normalized spacial score (nSPS) is 23.5. The first-order valence-electron chi connectivity index (χ1n) is 11.8. The predicted molar refractivity (Wildman–Crippen MR) is 136 cm³/mol. The van der Waals surface area contributed by atoms with E-state index in [1.165, 1.54) is 23.9 Å². The molecule has 11 nitrogen and oxygen atoms in total. The van der Waals surface area contributed by atoms with Crippen LogP contribution in [0.15, 0.2) is 36.9 Å². The molecule has 2 aliphatic rings. The van der Waals surface area contributed by atoms with Crippen molar-refractivity contribution in [3.05, 3.63) is 69.1 Å². The van der Waals surface area contributed by atoms with Gasteiger partial charge >= 0.3 is 10.3 Å². The number of ether oxygens (including phenoxy) is 1. The van der Waals surface area contributed by atoms with Crippen molar-refractivity contribution >= 4 is 33.2 Å². The molecule has 3 aromatic rings. The number of hydrogen-bond acceptors (Lipinski definition) is 11. The Hall–Kier alpha value is -2.81. The standard InChI is InChI=1S/C24H27N5O6S2/c1-13-16(23-21-14(5-7-35-23)4-3-6-26-21)10-20(36-13)22(31)17-11-25-12-27-24(17)28-15-8-18(19(30)9-15)29-37(32,33)34-2/h3-4,6,10-12,15,18-19,23,29-30H,5,7-9H2,1-2H3,(H,25,27,28)/t15-,18-,19+,23-/m1/s1. The van der Waals surface area contributed by atoms with E-state index in [2.05, 4.69) is 35.2 Å². The average molecular weight is 546 g/mol. The van der Waals surface area contributed by atoms with E-state index in [0.717, 1.165) is 35.2 Å². The molecular formula is C24H27N5O6S2. The van der Waals surface area contributed by atoms with Crippen molar-refractivity contribution in [2.45, 2.75) is 50.5 Å². The van der Waals surface area contributed by atoms with Crippen LogP contribution in [0.4, 0.5) is 5.82 Å². The molecule has 196 valence electrons. The van der Waals surface area contributed by atoms with Crippen LogP contribution >= 0.6 is 11.3 Å². The third-order valence-corrected chi connectivity index (χ3v) is 8.73. The second-order valence-electron chi connectivity index (χ2n) is 9.01. The van der Waals surface area contributed by atoms with Crippen molar-refractivity contribution in [2.24, 2.45) is 0 Å². The molecule has 0 spiro atoms. The van der Waals surface area contributed by atoms with Gasteiger partial charge in [0.25, 0.3) is 0 Å². The van der Waals surface area contributed by atoms with Crippen LogP contribution in [-0.4, -0.2) is 66.2 Å². The number of aliphatic hydroxyl groups excluding tert-OH is 1. The topological polar surface area (TPSA) is 153 Å². The molecule has 1 fully saturated rings. The highest BCUT2D eigenvalue weighted by Gasteiger charge is 2.36. The van der Waals surface area contributed by atoms with Gasteiger partial charge in [-0.2, -0.15) is 13.1 Å². The Morgan fingerprint density at radius 2 is 2.14 bits per heavy atom. The number of nitrogens with zero attached hydrogens (tertiary/aromatic N) is 3. The molecule has 5 rings (SSSR count). The first kappa shape index (κ1) is 25.8. The molecule has 4 atom stereocenters. The molecule has 0 saturated heterocycles. The minimum atomic E-state index is -3.95. The maximum absolute atomic E-state index is 13.6. The largest absolute Gasteiger partial charge is 0.391 e. The fourth-order valence-electron chi connectivity index (χ4n) is 4.80. The van der Waals surface area contributed by atoms with Gasteiger partial charge in [-0.05, 0) is 43.9 Å². The maximum Gasteiger partial charge on any atom is 0.335 e. The molecule has 3 aromatic heterocycles. The molecule has 1 aliphatic heterocycles. The Morgan fingerprint density at radius 1 is 1.30 bits per heavy atom. The van der Waals surface area contributed by atoms with Crippen LogP contribution in [0.1, 0.15) is 55.9 Å². The third-order valence-electron chi connectivity index (χ3n) is 6.63. The summed E-state index contributed by atoms with van der Waals surface area (Å²) in [5.41, 5.74) is 3.21. The van der Waals surface area contributed by atoms with E-state index in [-0.39, 0.29) is 36.3 Å². The number of rotatable bonds is 8. The van der Waals surface area contributed by atoms with Crippen LogP contribution in [0.25, 0.3) is 0 Å². The Balaban J connectivity index is 1.36. The molecule has 0 amide bonds. The van der Waals surface area contributed by atoms with E-state index in [1.807, 2.05) is 19.1 Å². The molecule has 1 saturated carbocycles. The van der Waals surface area contributed by atoms with Crippen molar-refractivity contribution < 1.29 is 27.2 Å². The summed E-state index contributed by atoms with van der Waals surface area (Å²) in [5.74, 6) is 0.0793. The van der Waals surface area contributed by atoms with Gasteiger partial charge in [-0.3, -0.25) is 14.0 Å². The molecular weight excluding hydrogens is 518 g/mol. The molecule has 37 heavy (non-hydrogen) atoms. The number of carbonyl (C=O) groups is 1. The SMILES string of the molecule is COS(=O)(=O)N[C@@H]1C[C@@H](Nc2ncncc2C(=O)c2cc([C@H]3OCCc4cccnc43)c(C)s2)C[C@@H]1O. The highest BCUT2D eigenvalue weighted by atomic mass is 32.2. The molecule has 1 aliphatic carbocycles. The predicted octanol–water partition coefficient (Wildman–Crippen LogP) is 1.92. The van der Waals surface area contributed by atoms with Crippen molar-refractivity contribution in [3.63, 3.8) is 0 Å². The summed E-state index contributed by atoms with van der Waals surface area (Å²) in [5, 5.41) is 13.5. The lowest BCUT2D eigenvalue weighted by Gasteiger charge is -2.25. The average Bonchev–Trinajstić information content (AvgIpc) is 3.44. The Kier molecular flexibility index (Phi) is 7.34. The molecule has 3 N–H and O–H groups in total. The van der Waals surface area contributed by atoms with Crippen LogP contribution in [-0.2, 0) is 25.6 Å². The Morgan fingerprint density at radius 3 is 2.95 bits per heavy atom. The number of aliphatic hydroxyl groups is 1. The minimum absolute atomic E-state index is 0.241. The highest BCUT2D eigenvalue weighted by Crippen LogP contribution is 2.37. The number of thiophene rings is 1. The van der Waals surface area contributed by atoms with Gasteiger partial charge in [0.15, 0.2) is 0 Å². The highest BCUT2D eigenvalue weighted by molar-refractivity contribution is 7.84. The Labute approximate surface area is 218 Å². The van der Waals surface area contributed by atoms with Gasteiger partial charge in [-0.1, -0.05) is 6.07 Å². The number of carbonyl (C=O) groups excluding carboxylic acids is 1. The zero-order chi connectivity index (χ0) is 26.2. The minimum Gasteiger partial charge on any atom is -0.391 e. The number of aromatic nitrogens is 3. The zero-order valence-electron chi connectivity index (χ0n) is 20.2. The second-order valence-corrected chi connectivity index (χ2v) is 11.7. The van der Waals surface area contributed by atoms with Crippen molar-refractivity contribution in [3.8, 4) is 0 Å². The van der Waals surface area contributed by atoms with Gasteiger partial charge in [0, 0.05) is 28.9 Å². The second kappa shape index (κ2) is 10.5. The summed E-state index contributed by atoms with van der Waals surface area (Å²) < 4.78 is 36.3. The van der Waals surface area contributed by atoms with E-state index < -0.39 is 22.4 Å². The van der Waals surface area contributed by atoms with E-state index >= 15 is 0 Å². The molecule has 0 aromatic carbocycles. The third kappa shape index (κ3) is 5.42. The molecule has 13 heteroatoms. The van der Waals surface area contributed by atoms with E-state index in [1.54, 1.807) is 6.20 Å². The van der Waals surface area contributed by atoms with Crippen LogP contribution < -0.4 is 10.0 Å². The van der Waals surface area contributed by atoms with Gasteiger partial charge in [-0.15, -0.1) is 11.3 Å². The van der Waals surface area contributed by atoms with Gasteiger partial charge < -0.3 is 15.2 Å². The number of anilines is 1. The van der Waals surface area contributed by atoms with Gasteiger partial charge in [0.2, 0.25) is 5.78 Å². The molecule has 0 radical (unpaired) electrons. The fourth-order valence-corrected chi connectivity index (χ4v) is 6.52. The number of ketones is 1. The first-order valence-corrected chi connectivity index (χ1v) is 14.0. The summed E-state index contributed by atoms with van der Waals surface area (Å²) in [6, 6.07) is 4.77. The smallest absolute Gasteiger partial charge is 0.335 e. The van der Waals surface area contributed by atoms with Gasteiger partial charge in [-0.25, -0.2) is 9.97 Å². The zero-order valence-corrected chi connectivity index (χ0v) is 21.9. The number of pyridine rings is 1. The van der Waals surface area contributed by atoms with Gasteiger partial charge in [0.1, 0.15) is 18.2 Å². The number of aryl methyl sites for hydroxylation is 1. The van der Waals surface area contributed by atoms with E-state index in [4.69, 9.17) is 4.74 Å². The van der Waals surface area contributed by atoms with Crippen molar-refractivity contribution in [2.75, 3.05) is 19.0 Å². The van der Waals surface area contributed by atoms with Crippen LogP contribution in [0.2, 0.25) is 0 Å². The van der Waals surface area contributed by atoms with Crippen LogP contribution in [0.3, 0.4) is 0 Å². The van der Waals surface area contributed by atoms with E-state index in [0.29, 0.717) is 17.3 Å². The molecule has 0 unspecified atom stereocenters. The van der Waals surface area contributed by atoms with Crippen LogP contribution in [0.5, 0.6) is 0 Å². The number of hydrogen-bond donors (Lipinski definition) is 3. The van der Waals surface area contributed by atoms with Crippen molar-refractivity contribution in [1.82, 2.24) is 19.7 Å².